The second-order valence-corrected chi connectivity index (χ2v) is 9.98. The van der Waals surface area contributed by atoms with E-state index in [2.05, 4.69) is 30.3 Å². The van der Waals surface area contributed by atoms with Crippen LogP contribution in [0.5, 0.6) is 0 Å². The zero-order chi connectivity index (χ0) is 27.4. The first-order chi connectivity index (χ1) is 19.6. The summed E-state index contributed by atoms with van der Waals surface area (Å²) >= 11 is 0. The van der Waals surface area contributed by atoms with Gasteiger partial charge in [0.25, 0.3) is 0 Å². The Kier molecular flexibility index (Phi) is 6.88. The number of benzene rings is 6. The average Bonchev–Trinajstić information content (AvgIpc) is 3.05. The van der Waals surface area contributed by atoms with Gasteiger partial charge in [-0.1, -0.05) is 170 Å². The van der Waals surface area contributed by atoms with Crippen LogP contribution in [0, 0.1) is 0 Å². The van der Waals surface area contributed by atoms with Gasteiger partial charge in [0, 0.05) is 5.56 Å². The fourth-order valence-corrected chi connectivity index (χ4v) is 5.81. The summed E-state index contributed by atoms with van der Waals surface area (Å²) in [5.74, 6) is 0. The molecule has 40 heavy (non-hydrogen) atoms. The molecule has 0 heterocycles. The molecule has 0 spiro atoms. The van der Waals surface area contributed by atoms with Crippen molar-refractivity contribution in [3.8, 4) is 22.3 Å². The van der Waals surface area contributed by atoms with Gasteiger partial charge in [-0.15, -0.1) is 0 Å². The molecule has 2 heteroatoms. The lowest BCUT2D eigenvalue weighted by Gasteiger charge is -2.46. The molecule has 2 N–H and O–H groups in total. The van der Waals surface area contributed by atoms with Crippen LogP contribution in [0.2, 0.25) is 0 Å². The summed E-state index contributed by atoms with van der Waals surface area (Å²) in [6.45, 7) is 0. The Bertz CT molecular complexity index is 1640. The normalized spacial score (nSPS) is 12.9. The molecule has 0 aromatic heterocycles. The molecular formula is C38H30O2. The van der Waals surface area contributed by atoms with Crippen molar-refractivity contribution in [3.63, 3.8) is 0 Å². The van der Waals surface area contributed by atoms with Gasteiger partial charge in [0.1, 0.15) is 0 Å². The van der Waals surface area contributed by atoms with Gasteiger partial charge in [0.05, 0.1) is 0 Å². The van der Waals surface area contributed by atoms with Crippen LogP contribution in [0.25, 0.3) is 22.3 Å². The Morgan fingerprint density at radius 3 is 1.15 bits per heavy atom. The third-order valence-electron chi connectivity index (χ3n) is 7.70. The second kappa shape index (κ2) is 10.8. The van der Waals surface area contributed by atoms with Gasteiger partial charge >= 0.3 is 0 Å². The summed E-state index contributed by atoms with van der Waals surface area (Å²) in [6, 6.07) is 54.7. The Labute approximate surface area is 235 Å². The molecule has 0 saturated heterocycles. The van der Waals surface area contributed by atoms with Crippen LogP contribution in [0.4, 0.5) is 0 Å². The molecule has 0 aliphatic heterocycles. The largest absolute Gasteiger partial charge is 0.377 e. The summed E-state index contributed by atoms with van der Waals surface area (Å²) in [5.41, 5.74) is 2.50. The monoisotopic (exact) mass is 518 g/mol. The molecule has 194 valence electrons. The van der Waals surface area contributed by atoms with E-state index in [1.54, 1.807) is 0 Å². The summed E-state index contributed by atoms with van der Waals surface area (Å²) in [5, 5.41) is 26.6. The molecule has 2 nitrogen and oxygen atoms in total. The molecule has 0 radical (unpaired) electrons. The fraction of sp³-hybridized carbons (Fsp3) is 0.0526. The highest BCUT2D eigenvalue weighted by molar-refractivity contribution is 5.87. The molecule has 0 bridgehead atoms. The van der Waals surface area contributed by atoms with Crippen LogP contribution in [-0.2, 0) is 11.2 Å². The Hall–Kier alpha value is -4.76. The Morgan fingerprint density at radius 2 is 0.700 bits per heavy atom. The van der Waals surface area contributed by atoms with Crippen LogP contribution in [0.3, 0.4) is 0 Å². The number of hydrogen-bond donors (Lipinski definition) is 2. The first kappa shape index (κ1) is 25.5. The van der Waals surface area contributed by atoms with Crippen LogP contribution in [0.1, 0.15) is 22.3 Å². The first-order valence-corrected chi connectivity index (χ1v) is 13.5. The minimum Gasteiger partial charge on any atom is -0.377 e. The van der Waals surface area contributed by atoms with E-state index in [0.717, 1.165) is 22.3 Å². The minimum absolute atomic E-state index is 0.590. The third-order valence-corrected chi connectivity index (χ3v) is 7.70. The number of hydrogen-bond acceptors (Lipinski definition) is 2. The van der Waals surface area contributed by atoms with Crippen molar-refractivity contribution in [1.82, 2.24) is 0 Å². The average molecular weight is 519 g/mol. The van der Waals surface area contributed by atoms with Gasteiger partial charge in [-0.25, -0.2) is 0 Å². The van der Waals surface area contributed by atoms with Crippen LogP contribution in [-0.4, -0.2) is 10.2 Å². The molecule has 0 aliphatic carbocycles. The van der Waals surface area contributed by atoms with Crippen molar-refractivity contribution in [2.24, 2.45) is 0 Å². The summed E-state index contributed by atoms with van der Waals surface area (Å²) in [6.07, 6.45) is 0. The van der Waals surface area contributed by atoms with Crippen molar-refractivity contribution in [2.75, 3.05) is 0 Å². The van der Waals surface area contributed by atoms with Gasteiger partial charge in [-0.05, 0) is 38.9 Å². The number of aliphatic hydroxyl groups is 2. The summed E-state index contributed by atoms with van der Waals surface area (Å²) in [4.78, 5) is 0. The van der Waals surface area contributed by atoms with Crippen molar-refractivity contribution >= 4 is 0 Å². The van der Waals surface area contributed by atoms with Crippen molar-refractivity contribution in [1.29, 1.82) is 0 Å². The molecular weight excluding hydrogens is 488 g/mol. The SMILES string of the molecule is OC(c1ccccc1)(c1ccccc1)C(O)(c1ccccc1)c1cccc(-c2ccccc2)c1-c1ccccc1. The Morgan fingerprint density at radius 1 is 0.325 bits per heavy atom. The van der Waals surface area contributed by atoms with Gasteiger partial charge in [0.2, 0.25) is 0 Å². The van der Waals surface area contributed by atoms with Crippen molar-refractivity contribution in [2.45, 2.75) is 11.2 Å². The zero-order valence-corrected chi connectivity index (χ0v) is 22.1. The minimum atomic E-state index is -1.88. The van der Waals surface area contributed by atoms with Crippen molar-refractivity contribution in [3.05, 3.63) is 192 Å². The molecule has 0 fully saturated rings. The van der Waals surface area contributed by atoms with E-state index in [0.29, 0.717) is 22.3 Å². The topological polar surface area (TPSA) is 40.5 Å². The molecule has 0 amide bonds. The van der Waals surface area contributed by atoms with Crippen molar-refractivity contribution < 1.29 is 10.2 Å². The van der Waals surface area contributed by atoms with Crippen LogP contribution in [0.15, 0.2) is 170 Å². The van der Waals surface area contributed by atoms with Gasteiger partial charge in [-0.3, -0.25) is 0 Å². The lowest BCUT2D eigenvalue weighted by Crippen LogP contribution is -2.51. The second-order valence-electron chi connectivity index (χ2n) is 9.98. The van der Waals surface area contributed by atoms with E-state index < -0.39 is 11.2 Å². The fourth-order valence-electron chi connectivity index (χ4n) is 5.81. The van der Waals surface area contributed by atoms with E-state index in [4.69, 9.17) is 0 Å². The quantitative estimate of drug-likeness (QED) is 0.224. The van der Waals surface area contributed by atoms with Gasteiger partial charge in [0.15, 0.2) is 11.2 Å². The maximum Gasteiger partial charge on any atom is 0.152 e. The predicted molar refractivity (Wildman–Crippen MR) is 163 cm³/mol. The maximum absolute atomic E-state index is 13.4. The molecule has 0 aliphatic rings. The molecule has 0 saturated carbocycles. The molecule has 1 unspecified atom stereocenters. The van der Waals surface area contributed by atoms with Gasteiger partial charge < -0.3 is 10.2 Å². The lowest BCUT2D eigenvalue weighted by molar-refractivity contribution is -0.112. The van der Waals surface area contributed by atoms with Gasteiger partial charge in [-0.2, -0.15) is 0 Å². The van der Waals surface area contributed by atoms with E-state index in [1.165, 1.54) is 0 Å². The zero-order valence-electron chi connectivity index (χ0n) is 22.1. The smallest absolute Gasteiger partial charge is 0.152 e. The molecule has 6 rings (SSSR count). The summed E-state index contributed by atoms with van der Waals surface area (Å²) < 4.78 is 0. The molecule has 6 aromatic rings. The first-order valence-electron chi connectivity index (χ1n) is 13.5. The van der Waals surface area contributed by atoms with E-state index in [-0.39, 0.29) is 0 Å². The third kappa shape index (κ3) is 4.24. The maximum atomic E-state index is 13.4. The Balaban J connectivity index is 1.77. The lowest BCUT2D eigenvalue weighted by atomic mass is 9.64. The van der Waals surface area contributed by atoms with E-state index in [1.807, 2.05) is 140 Å². The van der Waals surface area contributed by atoms with Crippen LogP contribution >= 0.6 is 0 Å². The number of rotatable bonds is 7. The molecule has 6 aromatic carbocycles. The van der Waals surface area contributed by atoms with E-state index >= 15 is 0 Å². The molecule has 1 atom stereocenters. The standard InChI is InChI=1S/C38H30O2/c39-37(31-21-10-3-11-22-31,32-23-12-4-13-24-32)38(40,33-25-14-5-15-26-33)35-28-16-27-34(29-17-6-1-7-18-29)36(35)30-19-8-2-9-20-30/h1-28,39-40H. The highest BCUT2D eigenvalue weighted by Crippen LogP contribution is 2.53. The van der Waals surface area contributed by atoms with E-state index in [9.17, 15) is 10.2 Å². The predicted octanol–water partition coefficient (Wildman–Crippen LogP) is 8.19. The highest BCUT2D eigenvalue weighted by atomic mass is 16.4. The summed E-state index contributed by atoms with van der Waals surface area (Å²) in [7, 11) is 0. The highest BCUT2D eigenvalue weighted by Gasteiger charge is 2.55. The van der Waals surface area contributed by atoms with Crippen LogP contribution < -0.4 is 0 Å².